The van der Waals surface area contributed by atoms with Gasteiger partial charge in [-0.3, -0.25) is 4.79 Å². The predicted octanol–water partition coefficient (Wildman–Crippen LogP) is 3.06. The Balaban J connectivity index is 1.78. The molecule has 1 aliphatic carbocycles. The molecule has 2 atom stereocenters. The van der Waals surface area contributed by atoms with E-state index in [-0.39, 0.29) is 12.0 Å². The van der Waals surface area contributed by atoms with Crippen LogP contribution in [-0.4, -0.2) is 25.6 Å². The van der Waals surface area contributed by atoms with Crippen molar-refractivity contribution in [3.05, 3.63) is 64.2 Å². The summed E-state index contributed by atoms with van der Waals surface area (Å²) in [6.07, 6.45) is 3.56. The fourth-order valence-electron chi connectivity index (χ4n) is 3.41. The first-order valence-corrected chi connectivity index (χ1v) is 8.98. The third-order valence-electron chi connectivity index (χ3n) is 4.75. The second kappa shape index (κ2) is 8.37. The second-order valence-electron chi connectivity index (χ2n) is 6.42. The first kappa shape index (κ1) is 17.8. The molecule has 2 unspecified atom stereocenters. The van der Waals surface area contributed by atoms with Crippen LogP contribution in [0.5, 0.6) is 5.75 Å². The van der Waals surface area contributed by atoms with Crippen LogP contribution in [0, 0.1) is 0 Å². The summed E-state index contributed by atoms with van der Waals surface area (Å²) in [7, 11) is 0. The normalized spacial score (nSPS) is 19.1. The lowest BCUT2D eigenvalue weighted by atomic mass is 9.76. The zero-order chi connectivity index (χ0) is 17.6. The molecule has 0 spiro atoms. The zero-order valence-electron chi connectivity index (χ0n) is 14.1. The van der Waals surface area contributed by atoms with Gasteiger partial charge in [0.1, 0.15) is 12.4 Å². The number of nitrogens with two attached hydrogens (primary N) is 1. The molecule has 2 aromatic rings. The van der Waals surface area contributed by atoms with E-state index in [1.807, 2.05) is 18.2 Å². The van der Waals surface area contributed by atoms with Crippen molar-refractivity contribution >= 4 is 18.0 Å². The number of carbonyl (C=O) groups excluding carboxylic acids is 1. The number of nitrogens with one attached hydrogen (secondary N) is 1. The predicted molar refractivity (Wildman–Crippen MR) is 100 cm³/mol. The quantitative estimate of drug-likeness (QED) is 0.590. The Morgan fingerprint density at radius 3 is 2.80 bits per heavy atom. The van der Waals surface area contributed by atoms with Crippen LogP contribution in [0.25, 0.3) is 0 Å². The molecular weight excluding hydrogens is 336 g/mol. The van der Waals surface area contributed by atoms with Crippen molar-refractivity contribution in [3.8, 4) is 5.75 Å². The summed E-state index contributed by atoms with van der Waals surface area (Å²) in [6, 6.07) is 14.3. The Hall–Kier alpha value is -2.04. The maximum Gasteiger partial charge on any atom is 0.207 e. The summed E-state index contributed by atoms with van der Waals surface area (Å²) in [6.45, 7) is 0.944. The maximum absolute atomic E-state index is 10.3. The Morgan fingerprint density at radius 2 is 2.04 bits per heavy atom. The molecule has 0 fully saturated rings. The fraction of sp³-hybridized carbons (Fsp3) is 0.350. The molecule has 5 heteroatoms. The summed E-state index contributed by atoms with van der Waals surface area (Å²) >= 11 is 5.99. The first-order valence-electron chi connectivity index (χ1n) is 8.60. The largest absolute Gasteiger partial charge is 0.492 e. The Labute approximate surface area is 153 Å². The van der Waals surface area contributed by atoms with Crippen molar-refractivity contribution in [1.29, 1.82) is 0 Å². The van der Waals surface area contributed by atoms with E-state index in [1.165, 1.54) is 16.7 Å². The minimum atomic E-state index is 0.134. The van der Waals surface area contributed by atoms with Crippen molar-refractivity contribution in [2.75, 3.05) is 13.2 Å². The molecule has 25 heavy (non-hydrogen) atoms. The highest BCUT2D eigenvalue weighted by Gasteiger charge is 2.27. The maximum atomic E-state index is 10.3. The summed E-state index contributed by atoms with van der Waals surface area (Å²) in [5.74, 6) is 1.09. The molecule has 2 aromatic carbocycles. The lowest BCUT2D eigenvalue weighted by Crippen LogP contribution is -2.34. The molecule has 4 nitrogen and oxygen atoms in total. The lowest BCUT2D eigenvalue weighted by molar-refractivity contribution is -0.109. The van der Waals surface area contributed by atoms with Gasteiger partial charge >= 0.3 is 0 Å². The van der Waals surface area contributed by atoms with Crippen LogP contribution in [-0.2, 0) is 17.6 Å². The molecule has 0 saturated heterocycles. The number of carbonyl (C=O) groups is 1. The minimum Gasteiger partial charge on any atom is -0.492 e. The van der Waals surface area contributed by atoms with Crippen LogP contribution in [0.2, 0.25) is 5.02 Å². The smallest absolute Gasteiger partial charge is 0.207 e. The number of rotatable bonds is 7. The fourth-order valence-corrected chi connectivity index (χ4v) is 3.54. The number of hydrogen-bond acceptors (Lipinski definition) is 3. The number of aryl methyl sites for hydroxylation is 1. The van der Waals surface area contributed by atoms with Gasteiger partial charge in [0, 0.05) is 17.0 Å². The lowest BCUT2D eigenvalue weighted by Gasteiger charge is -2.32. The van der Waals surface area contributed by atoms with E-state index in [2.05, 4.69) is 29.6 Å². The Bertz CT molecular complexity index is 718. The highest BCUT2D eigenvalue weighted by atomic mass is 35.5. The van der Waals surface area contributed by atoms with Gasteiger partial charge in [0.15, 0.2) is 0 Å². The van der Waals surface area contributed by atoms with Crippen molar-refractivity contribution in [2.24, 2.45) is 5.73 Å². The molecule has 132 valence electrons. The summed E-state index contributed by atoms with van der Waals surface area (Å²) < 4.78 is 5.74. The Morgan fingerprint density at radius 1 is 1.24 bits per heavy atom. The third kappa shape index (κ3) is 4.53. The second-order valence-corrected chi connectivity index (χ2v) is 6.86. The average molecular weight is 359 g/mol. The molecular formula is C20H23ClN2O2. The van der Waals surface area contributed by atoms with Crippen molar-refractivity contribution in [1.82, 2.24) is 5.32 Å². The standard InChI is InChI=1S/C20H23ClN2O2/c21-16-5-1-14(2-6-16)11-19-18-12-17(25-10-9-23-13-24)7-3-15(18)4-8-20(19)22/h1-3,5-7,12-13,19-20H,4,8-11,22H2,(H,23,24). The molecule has 3 rings (SSSR count). The third-order valence-corrected chi connectivity index (χ3v) is 5.00. The van der Waals surface area contributed by atoms with Gasteiger partial charge in [0.25, 0.3) is 0 Å². The monoisotopic (exact) mass is 358 g/mol. The SMILES string of the molecule is NC1CCc2ccc(OCCNC=O)cc2C1Cc1ccc(Cl)cc1. The van der Waals surface area contributed by atoms with E-state index in [9.17, 15) is 4.79 Å². The van der Waals surface area contributed by atoms with Crippen LogP contribution in [0.1, 0.15) is 29.0 Å². The summed E-state index contributed by atoms with van der Waals surface area (Å²) in [5, 5.41) is 3.34. The van der Waals surface area contributed by atoms with Gasteiger partial charge in [-0.15, -0.1) is 0 Å². The van der Waals surface area contributed by atoms with E-state index in [4.69, 9.17) is 22.1 Å². The number of benzene rings is 2. The molecule has 0 aliphatic heterocycles. The van der Waals surface area contributed by atoms with Crippen molar-refractivity contribution < 1.29 is 9.53 Å². The highest BCUT2D eigenvalue weighted by Crippen LogP contribution is 2.36. The van der Waals surface area contributed by atoms with Crippen molar-refractivity contribution in [2.45, 2.75) is 31.2 Å². The molecule has 0 aromatic heterocycles. The van der Waals surface area contributed by atoms with Crippen LogP contribution in [0.3, 0.4) is 0 Å². The molecule has 0 heterocycles. The molecule has 0 radical (unpaired) electrons. The van der Waals surface area contributed by atoms with E-state index in [0.29, 0.717) is 19.6 Å². The van der Waals surface area contributed by atoms with Gasteiger partial charge in [-0.2, -0.15) is 0 Å². The van der Waals surface area contributed by atoms with E-state index < -0.39 is 0 Å². The number of ether oxygens (including phenoxy) is 1. The van der Waals surface area contributed by atoms with E-state index in [0.717, 1.165) is 30.0 Å². The molecule has 1 amide bonds. The topological polar surface area (TPSA) is 64.3 Å². The van der Waals surface area contributed by atoms with Crippen molar-refractivity contribution in [3.63, 3.8) is 0 Å². The minimum absolute atomic E-state index is 0.134. The van der Waals surface area contributed by atoms with Crippen LogP contribution in [0.15, 0.2) is 42.5 Å². The molecule has 0 bridgehead atoms. The van der Waals surface area contributed by atoms with Crippen LogP contribution >= 0.6 is 11.6 Å². The van der Waals surface area contributed by atoms with Gasteiger partial charge in [0.05, 0.1) is 6.54 Å². The Kier molecular flexibility index (Phi) is 5.95. The summed E-state index contributed by atoms with van der Waals surface area (Å²) in [5.41, 5.74) is 10.3. The highest BCUT2D eigenvalue weighted by molar-refractivity contribution is 6.30. The van der Waals surface area contributed by atoms with Gasteiger partial charge in [-0.05, 0) is 60.2 Å². The first-order chi connectivity index (χ1) is 12.2. The van der Waals surface area contributed by atoms with E-state index in [1.54, 1.807) is 0 Å². The van der Waals surface area contributed by atoms with E-state index >= 15 is 0 Å². The van der Waals surface area contributed by atoms with Crippen LogP contribution < -0.4 is 15.8 Å². The zero-order valence-corrected chi connectivity index (χ0v) is 14.8. The van der Waals surface area contributed by atoms with Gasteiger partial charge in [-0.25, -0.2) is 0 Å². The molecule has 0 saturated carbocycles. The van der Waals surface area contributed by atoms with Crippen LogP contribution in [0.4, 0.5) is 0 Å². The van der Waals surface area contributed by atoms with Gasteiger partial charge in [-0.1, -0.05) is 29.8 Å². The summed E-state index contributed by atoms with van der Waals surface area (Å²) in [4.78, 5) is 10.3. The molecule has 3 N–H and O–H groups in total. The number of fused-ring (bicyclic) bond motifs is 1. The average Bonchev–Trinajstić information content (AvgIpc) is 2.63. The molecule has 1 aliphatic rings. The van der Waals surface area contributed by atoms with Gasteiger partial charge < -0.3 is 15.8 Å². The van der Waals surface area contributed by atoms with Gasteiger partial charge in [0.2, 0.25) is 6.41 Å². The number of halogens is 1. The number of hydrogen-bond donors (Lipinski definition) is 2. The number of amides is 1.